The van der Waals surface area contributed by atoms with Gasteiger partial charge in [0, 0.05) is 4.91 Å². The van der Waals surface area contributed by atoms with E-state index in [2.05, 4.69) is 19.2 Å². The van der Waals surface area contributed by atoms with Gasteiger partial charge in [-0.25, -0.2) is 0 Å². The lowest BCUT2D eigenvalue weighted by molar-refractivity contribution is 1.51. The first-order chi connectivity index (χ1) is 4.22. The number of hydrogen-bond donors (Lipinski definition) is 1. The molecule has 0 radical (unpaired) electrons. The summed E-state index contributed by atoms with van der Waals surface area (Å²) in [5, 5.41) is 0. The van der Waals surface area contributed by atoms with Crippen LogP contribution in [-0.4, -0.2) is 0 Å². The van der Waals surface area contributed by atoms with E-state index in [0.717, 1.165) is 10.5 Å². The summed E-state index contributed by atoms with van der Waals surface area (Å²) in [6.45, 7) is 7.57. The van der Waals surface area contributed by atoms with Crippen LogP contribution in [0.4, 0.5) is 0 Å². The van der Waals surface area contributed by atoms with Crippen LogP contribution in [0, 0.1) is 0 Å². The molecule has 0 nitrogen and oxygen atoms in total. The van der Waals surface area contributed by atoms with Gasteiger partial charge in [-0.1, -0.05) is 24.8 Å². The van der Waals surface area contributed by atoms with E-state index in [4.69, 9.17) is 0 Å². The average molecular weight is 140 g/mol. The molecule has 0 N–H and O–H groups in total. The Morgan fingerprint density at radius 3 is 2.44 bits per heavy atom. The van der Waals surface area contributed by atoms with Gasteiger partial charge >= 0.3 is 0 Å². The van der Waals surface area contributed by atoms with Crippen molar-refractivity contribution in [1.82, 2.24) is 0 Å². The van der Waals surface area contributed by atoms with Crippen LogP contribution in [0.2, 0.25) is 0 Å². The minimum atomic E-state index is 0.979. The summed E-state index contributed by atoms with van der Waals surface area (Å²) in [6.07, 6.45) is 5.69. The molecule has 0 aliphatic carbocycles. The van der Waals surface area contributed by atoms with Crippen LogP contribution >= 0.6 is 12.6 Å². The molecule has 50 valence electrons. The van der Waals surface area contributed by atoms with E-state index < -0.39 is 0 Å². The molecule has 0 bridgehead atoms. The van der Waals surface area contributed by atoms with Crippen molar-refractivity contribution < 1.29 is 0 Å². The van der Waals surface area contributed by atoms with Crippen molar-refractivity contribution >= 4 is 12.6 Å². The molecule has 0 fully saturated rings. The van der Waals surface area contributed by atoms with Crippen molar-refractivity contribution in [2.24, 2.45) is 0 Å². The second-order valence-electron chi connectivity index (χ2n) is 1.77. The molecular weight excluding hydrogens is 128 g/mol. The molecule has 0 saturated carbocycles. The Bertz CT molecular complexity index is 152. The Labute approximate surface area is 62.4 Å². The minimum absolute atomic E-state index is 0.979. The summed E-state index contributed by atoms with van der Waals surface area (Å²) in [7, 11) is 0. The van der Waals surface area contributed by atoms with Crippen molar-refractivity contribution in [1.29, 1.82) is 0 Å². The van der Waals surface area contributed by atoms with Crippen molar-refractivity contribution in [3.8, 4) is 0 Å². The Morgan fingerprint density at radius 1 is 1.56 bits per heavy atom. The molecule has 1 heteroatoms. The highest BCUT2D eigenvalue weighted by Crippen LogP contribution is 2.09. The van der Waals surface area contributed by atoms with Crippen molar-refractivity contribution in [3.05, 3.63) is 35.3 Å². The maximum Gasteiger partial charge on any atom is 0.00657 e. The summed E-state index contributed by atoms with van der Waals surface area (Å²) in [4.78, 5) is 0.979. The third kappa shape index (κ3) is 3.20. The molecule has 0 aliphatic heterocycles. The minimum Gasteiger partial charge on any atom is -0.143 e. The summed E-state index contributed by atoms with van der Waals surface area (Å²) in [5.41, 5.74) is 1.11. The van der Waals surface area contributed by atoms with Gasteiger partial charge in [0.1, 0.15) is 0 Å². The average Bonchev–Trinajstić information content (AvgIpc) is 1.87. The van der Waals surface area contributed by atoms with Gasteiger partial charge in [-0.2, -0.15) is 0 Å². The highest BCUT2D eigenvalue weighted by Gasteiger charge is 1.84. The Hall–Kier alpha value is -0.430. The monoisotopic (exact) mass is 140 g/mol. The van der Waals surface area contributed by atoms with Crippen LogP contribution in [0.25, 0.3) is 0 Å². The maximum atomic E-state index is 4.21. The number of allylic oxidation sites excluding steroid dienone is 4. The van der Waals surface area contributed by atoms with Gasteiger partial charge in [0.25, 0.3) is 0 Å². The van der Waals surface area contributed by atoms with Crippen LogP contribution in [0.1, 0.15) is 13.8 Å². The van der Waals surface area contributed by atoms with E-state index in [0.29, 0.717) is 0 Å². The molecule has 0 amide bonds. The van der Waals surface area contributed by atoms with Crippen molar-refractivity contribution in [2.45, 2.75) is 13.8 Å². The van der Waals surface area contributed by atoms with Crippen LogP contribution < -0.4 is 0 Å². The summed E-state index contributed by atoms with van der Waals surface area (Å²) < 4.78 is 0. The molecule has 0 aromatic carbocycles. The maximum absolute atomic E-state index is 4.21. The number of rotatable bonds is 2. The SMILES string of the molecule is C=C/C(C)=C(S)\C=C/C. The van der Waals surface area contributed by atoms with Crippen LogP contribution in [0.5, 0.6) is 0 Å². The van der Waals surface area contributed by atoms with E-state index in [-0.39, 0.29) is 0 Å². The topological polar surface area (TPSA) is 0 Å². The number of hydrogen-bond acceptors (Lipinski definition) is 1. The van der Waals surface area contributed by atoms with Gasteiger partial charge in [-0.3, -0.25) is 0 Å². The zero-order chi connectivity index (χ0) is 7.28. The van der Waals surface area contributed by atoms with Gasteiger partial charge in [0.15, 0.2) is 0 Å². The first-order valence-electron chi connectivity index (χ1n) is 2.87. The zero-order valence-corrected chi connectivity index (χ0v) is 6.78. The lowest BCUT2D eigenvalue weighted by Crippen LogP contribution is -1.69. The Balaban J connectivity index is 4.27. The van der Waals surface area contributed by atoms with E-state index in [1.165, 1.54) is 0 Å². The highest BCUT2D eigenvalue weighted by molar-refractivity contribution is 7.84. The normalized spacial score (nSPS) is 13.7. The fourth-order valence-corrected chi connectivity index (χ4v) is 0.634. The molecule has 0 atom stereocenters. The van der Waals surface area contributed by atoms with Crippen molar-refractivity contribution in [3.63, 3.8) is 0 Å². The third-order valence-electron chi connectivity index (χ3n) is 1.03. The predicted molar refractivity (Wildman–Crippen MR) is 46.7 cm³/mol. The zero-order valence-electron chi connectivity index (χ0n) is 5.89. The predicted octanol–water partition coefficient (Wildman–Crippen LogP) is 2.95. The molecule has 0 heterocycles. The van der Waals surface area contributed by atoms with Gasteiger partial charge in [-0.15, -0.1) is 12.6 Å². The molecule has 0 spiro atoms. The molecule has 0 aromatic heterocycles. The van der Waals surface area contributed by atoms with E-state index >= 15 is 0 Å². The molecule has 9 heavy (non-hydrogen) atoms. The highest BCUT2D eigenvalue weighted by atomic mass is 32.1. The van der Waals surface area contributed by atoms with Gasteiger partial charge < -0.3 is 0 Å². The fraction of sp³-hybridized carbons (Fsp3) is 0.250. The molecule has 0 aromatic rings. The fourth-order valence-electron chi connectivity index (χ4n) is 0.394. The lowest BCUT2D eigenvalue weighted by Gasteiger charge is -1.92. The Morgan fingerprint density at radius 2 is 2.11 bits per heavy atom. The third-order valence-corrected chi connectivity index (χ3v) is 1.54. The van der Waals surface area contributed by atoms with E-state index in [9.17, 15) is 0 Å². The second-order valence-corrected chi connectivity index (χ2v) is 2.25. The first kappa shape index (κ1) is 8.57. The Kier molecular flexibility index (Phi) is 4.24. The van der Waals surface area contributed by atoms with Gasteiger partial charge in [-0.05, 0) is 19.4 Å². The smallest absolute Gasteiger partial charge is 0.00657 e. The quantitative estimate of drug-likeness (QED) is 0.442. The van der Waals surface area contributed by atoms with Crippen LogP contribution in [0.15, 0.2) is 35.3 Å². The van der Waals surface area contributed by atoms with Crippen LogP contribution in [0.3, 0.4) is 0 Å². The molecule has 0 saturated heterocycles. The first-order valence-corrected chi connectivity index (χ1v) is 3.32. The van der Waals surface area contributed by atoms with Gasteiger partial charge in [0.2, 0.25) is 0 Å². The van der Waals surface area contributed by atoms with Gasteiger partial charge in [0.05, 0.1) is 0 Å². The summed E-state index contributed by atoms with van der Waals surface area (Å²) >= 11 is 4.21. The standard InChI is InChI=1S/C8H12S/c1-4-6-8(9)7(3)5-2/h4-6,9H,2H2,1,3H3/b6-4-,8-7+. The molecular formula is C8H12S. The van der Waals surface area contributed by atoms with Crippen molar-refractivity contribution in [2.75, 3.05) is 0 Å². The molecule has 0 aliphatic rings. The second kappa shape index (κ2) is 4.45. The molecule has 0 unspecified atom stereocenters. The van der Waals surface area contributed by atoms with E-state index in [1.54, 1.807) is 6.08 Å². The largest absolute Gasteiger partial charge is 0.143 e. The molecule has 0 rings (SSSR count). The summed E-state index contributed by atoms with van der Waals surface area (Å²) in [6, 6.07) is 0. The lowest BCUT2D eigenvalue weighted by atomic mass is 10.3. The summed E-state index contributed by atoms with van der Waals surface area (Å²) in [5.74, 6) is 0. The van der Waals surface area contributed by atoms with E-state index in [1.807, 2.05) is 26.0 Å². The number of thiol groups is 1. The van der Waals surface area contributed by atoms with Crippen LogP contribution in [-0.2, 0) is 0 Å².